The number of rotatable bonds is 1. The zero-order chi connectivity index (χ0) is 10.3. The number of aliphatic hydroxyl groups is 1. The Morgan fingerprint density at radius 1 is 1.43 bits per heavy atom. The number of aliphatic hydroxyl groups excluding tert-OH is 1. The van der Waals surface area contributed by atoms with Crippen LogP contribution in [0.4, 0.5) is 0 Å². The van der Waals surface area contributed by atoms with Crippen LogP contribution in [0.25, 0.3) is 10.9 Å². The number of aromatic nitrogens is 2. The largest absolute Gasteiger partial charge is 0.389 e. The molecule has 0 saturated heterocycles. The average Bonchev–Trinajstić information content (AvgIpc) is 2.42. The Morgan fingerprint density at radius 3 is 2.79 bits per heavy atom. The summed E-state index contributed by atoms with van der Waals surface area (Å²) in [5.41, 5.74) is 2.95. The molecular weight excluding hydrogens is 176 g/mol. The summed E-state index contributed by atoms with van der Waals surface area (Å²) < 4.78 is 1.77. The molecule has 3 nitrogen and oxygen atoms in total. The Balaban J connectivity index is 2.79. The highest BCUT2D eigenvalue weighted by atomic mass is 16.3. The zero-order valence-electron chi connectivity index (χ0n) is 8.65. The van der Waals surface area contributed by atoms with E-state index in [0.717, 1.165) is 22.0 Å². The minimum atomic E-state index is -0.465. The summed E-state index contributed by atoms with van der Waals surface area (Å²) in [5, 5.41) is 15.0. The first-order valence-corrected chi connectivity index (χ1v) is 4.70. The zero-order valence-corrected chi connectivity index (χ0v) is 8.65. The Hall–Kier alpha value is -1.35. The van der Waals surface area contributed by atoms with E-state index in [1.165, 1.54) is 0 Å². The second-order valence-corrected chi connectivity index (χ2v) is 3.77. The van der Waals surface area contributed by atoms with Gasteiger partial charge in [-0.3, -0.25) is 4.68 Å². The molecule has 0 amide bonds. The first kappa shape index (κ1) is 9.21. The maximum Gasteiger partial charge on any atom is 0.0981 e. The molecule has 0 bridgehead atoms. The molecule has 3 heteroatoms. The number of hydrogen-bond donors (Lipinski definition) is 1. The van der Waals surface area contributed by atoms with E-state index in [4.69, 9.17) is 0 Å². The summed E-state index contributed by atoms with van der Waals surface area (Å²) in [4.78, 5) is 0. The highest BCUT2D eigenvalue weighted by Gasteiger charge is 2.10. The van der Waals surface area contributed by atoms with Crippen LogP contribution >= 0.6 is 0 Å². The molecule has 0 fully saturated rings. The van der Waals surface area contributed by atoms with Gasteiger partial charge < -0.3 is 5.11 Å². The van der Waals surface area contributed by atoms with Gasteiger partial charge in [-0.15, -0.1) is 0 Å². The molecule has 2 rings (SSSR count). The van der Waals surface area contributed by atoms with Crippen molar-refractivity contribution in [2.24, 2.45) is 7.05 Å². The van der Waals surface area contributed by atoms with E-state index in [9.17, 15) is 5.11 Å². The fraction of sp³-hybridized carbons (Fsp3) is 0.364. The summed E-state index contributed by atoms with van der Waals surface area (Å²) in [6, 6.07) is 4.06. The number of aryl methyl sites for hydroxylation is 2. The Labute approximate surface area is 83.0 Å². The van der Waals surface area contributed by atoms with E-state index in [1.807, 2.05) is 26.2 Å². The summed E-state index contributed by atoms with van der Waals surface area (Å²) in [7, 11) is 1.89. The molecular formula is C11H14N2O. The molecule has 0 aliphatic heterocycles. The standard InChI is InChI=1S/C11H14N2O/c1-7-4-9-6-13(3)12-11(9)10(5-7)8(2)14/h4-6,8,14H,1-3H3. The fourth-order valence-electron chi connectivity index (χ4n) is 1.76. The van der Waals surface area contributed by atoms with Gasteiger partial charge in [-0.25, -0.2) is 0 Å². The van der Waals surface area contributed by atoms with Crippen molar-refractivity contribution in [1.82, 2.24) is 9.78 Å². The highest BCUT2D eigenvalue weighted by molar-refractivity contribution is 5.82. The van der Waals surface area contributed by atoms with E-state index in [1.54, 1.807) is 11.6 Å². The molecule has 1 unspecified atom stereocenters. The van der Waals surface area contributed by atoms with Crippen molar-refractivity contribution in [3.63, 3.8) is 0 Å². The molecule has 0 spiro atoms. The van der Waals surface area contributed by atoms with Gasteiger partial charge in [0.2, 0.25) is 0 Å². The lowest BCUT2D eigenvalue weighted by Gasteiger charge is -2.06. The smallest absolute Gasteiger partial charge is 0.0981 e. The SMILES string of the molecule is Cc1cc(C(C)O)c2nn(C)cc2c1. The molecule has 0 aliphatic rings. The molecule has 0 saturated carbocycles. The molecule has 2 aromatic rings. The van der Waals surface area contributed by atoms with Crippen molar-refractivity contribution in [3.8, 4) is 0 Å². The molecule has 1 atom stereocenters. The van der Waals surface area contributed by atoms with Gasteiger partial charge in [0, 0.05) is 24.2 Å². The van der Waals surface area contributed by atoms with Crippen LogP contribution in [0.3, 0.4) is 0 Å². The van der Waals surface area contributed by atoms with Gasteiger partial charge >= 0.3 is 0 Å². The van der Waals surface area contributed by atoms with E-state index in [-0.39, 0.29) is 0 Å². The van der Waals surface area contributed by atoms with Gasteiger partial charge in [-0.2, -0.15) is 5.10 Å². The lowest BCUT2D eigenvalue weighted by Crippen LogP contribution is -1.94. The van der Waals surface area contributed by atoms with Crippen molar-refractivity contribution in [1.29, 1.82) is 0 Å². The predicted molar refractivity (Wildman–Crippen MR) is 56.1 cm³/mol. The maximum absolute atomic E-state index is 9.61. The summed E-state index contributed by atoms with van der Waals surface area (Å²) in [6.45, 7) is 3.79. The molecule has 1 N–H and O–H groups in total. The third kappa shape index (κ3) is 1.40. The van der Waals surface area contributed by atoms with Crippen LogP contribution in [0.15, 0.2) is 18.3 Å². The van der Waals surface area contributed by atoms with E-state index in [0.29, 0.717) is 0 Å². The van der Waals surface area contributed by atoms with Gasteiger partial charge in [0.25, 0.3) is 0 Å². The third-order valence-corrected chi connectivity index (χ3v) is 2.35. The molecule has 0 aliphatic carbocycles. The van der Waals surface area contributed by atoms with Crippen molar-refractivity contribution < 1.29 is 5.11 Å². The van der Waals surface area contributed by atoms with Crippen LogP contribution in [-0.2, 0) is 7.05 Å². The van der Waals surface area contributed by atoms with Crippen LogP contribution < -0.4 is 0 Å². The highest BCUT2D eigenvalue weighted by Crippen LogP contribution is 2.24. The first-order chi connectivity index (χ1) is 6.58. The van der Waals surface area contributed by atoms with Crippen LogP contribution in [0.1, 0.15) is 24.2 Å². The molecule has 0 radical (unpaired) electrons. The van der Waals surface area contributed by atoms with Crippen molar-refractivity contribution >= 4 is 10.9 Å². The Bertz CT molecular complexity index is 471. The summed E-state index contributed by atoms with van der Waals surface area (Å²) in [6.07, 6.45) is 1.50. The molecule has 1 heterocycles. The summed E-state index contributed by atoms with van der Waals surface area (Å²) >= 11 is 0. The van der Waals surface area contributed by atoms with Gasteiger partial charge in [-0.05, 0) is 25.5 Å². The van der Waals surface area contributed by atoms with Gasteiger partial charge in [0.15, 0.2) is 0 Å². The monoisotopic (exact) mass is 190 g/mol. The number of nitrogens with zero attached hydrogens (tertiary/aromatic N) is 2. The summed E-state index contributed by atoms with van der Waals surface area (Å²) in [5.74, 6) is 0. The van der Waals surface area contributed by atoms with E-state index in [2.05, 4.69) is 11.2 Å². The fourth-order valence-corrected chi connectivity index (χ4v) is 1.76. The van der Waals surface area contributed by atoms with Crippen LogP contribution in [0, 0.1) is 6.92 Å². The first-order valence-electron chi connectivity index (χ1n) is 4.70. The molecule has 1 aromatic carbocycles. The van der Waals surface area contributed by atoms with E-state index >= 15 is 0 Å². The Morgan fingerprint density at radius 2 is 2.14 bits per heavy atom. The van der Waals surface area contributed by atoms with Crippen LogP contribution in [-0.4, -0.2) is 14.9 Å². The van der Waals surface area contributed by atoms with Crippen molar-refractivity contribution in [2.75, 3.05) is 0 Å². The minimum Gasteiger partial charge on any atom is -0.389 e. The van der Waals surface area contributed by atoms with E-state index < -0.39 is 6.10 Å². The Kier molecular flexibility index (Phi) is 2.04. The molecule has 74 valence electrons. The van der Waals surface area contributed by atoms with Gasteiger partial charge in [-0.1, -0.05) is 6.07 Å². The average molecular weight is 190 g/mol. The second kappa shape index (κ2) is 3.10. The lowest BCUT2D eigenvalue weighted by atomic mass is 10.0. The van der Waals surface area contributed by atoms with Crippen LogP contribution in [0.2, 0.25) is 0 Å². The quantitative estimate of drug-likeness (QED) is 0.746. The number of hydrogen-bond acceptors (Lipinski definition) is 2. The number of benzene rings is 1. The van der Waals surface area contributed by atoms with Gasteiger partial charge in [0.1, 0.15) is 0 Å². The topological polar surface area (TPSA) is 38.1 Å². The third-order valence-electron chi connectivity index (χ3n) is 2.35. The molecule has 1 aromatic heterocycles. The maximum atomic E-state index is 9.61. The normalized spacial score (nSPS) is 13.4. The lowest BCUT2D eigenvalue weighted by molar-refractivity contribution is 0.200. The van der Waals surface area contributed by atoms with Crippen LogP contribution in [0.5, 0.6) is 0 Å². The van der Waals surface area contributed by atoms with Gasteiger partial charge in [0.05, 0.1) is 11.6 Å². The molecule has 14 heavy (non-hydrogen) atoms. The second-order valence-electron chi connectivity index (χ2n) is 3.77. The predicted octanol–water partition coefficient (Wildman–Crippen LogP) is 1.94. The van der Waals surface area contributed by atoms with Crippen molar-refractivity contribution in [2.45, 2.75) is 20.0 Å². The number of fused-ring (bicyclic) bond motifs is 1. The minimum absolute atomic E-state index is 0.465. The van der Waals surface area contributed by atoms with Crippen molar-refractivity contribution in [3.05, 3.63) is 29.5 Å².